The largest absolute Gasteiger partial charge is 0.461 e. The monoisotopic (exact) mass is 343 g/mol. The van der Waals surface area contributed by atoms with Gasteiger partial charge < -0.3 is 4.74 Å². The Morgan fingerprint density at radius 3 is 2.36 bits per heavy atom. The molecule has 2 aliphatic rings. The second kappa shape index (κ2) is 6.12. The third-order valence-corrected chi connectivity index (χ3v) is 4.15. The van der Waals surface area contributed by atoms with Crippen LogP contribution in [0.1, 0.15) is 19.4 Å². The fourth-order valence-electron chi connectivity index (χ4n) is 3.00. The Balaban J connectivity index is 2.03. The molecular formula is C17H17N3O5. The topological polar surface area (TPSA) is 96.3 Å². The van der Waals surface area contributed by atoms with Crippen molar-refractivity contribution in [1.29, 1.82) is 0 Å². The van der Waals surface area contributed by atoms with E-state index in [-0.39, 0.29) is 12.3 Å². The molecule has 2 atom stereocenters. The molecule has 2 aliphatic heterocycles. The van der Waals surface area contributed by atoms with E-state index >= 15 is 0 Å². The van der Waals surface area contributed by atoms with E-state index in [0.717, 1.165) is 15.5 Å². The van der Waals surface area contributed by atoms with Gasteiger partial charge in [-0.25, -0.2) is 14.7 Å². The molecule has 0 bridgehead atoms. The number of imide groups is 1. The Morgan fingerprint density at radius 2 is 1.80 bits per heavy atom. The molecule has 0 aromatic heterocycles. The van der Waals surface area contributed by atoms with Gasteiger partial charge in [0.25, 0.3) is 5.91 Å². The van der Waals surface area contributed by atoms with Crippen LogP contribution in [0.3, 0.4) is 0 Å². The van der Waals surface area contributed by atoms with Gasteiger partial charge in [0.1, 0.15) is 5.92 Å². The van der Waals surface area contributed by atoms with Crippen molar-refractivity contribution >= 4 is 35.1 Å². The number of carbonyl (C=O) groups is 4. The lowest BCUT2D eigenvalue weighted by atomic mass is 9.98. The van der Waals surface area contributed by atoms with Gasteiger partial charge in [0, 0.05) is 6.92 Å². The minimum Gasteiger partial charge on any atom is -0.461 e. The molecule has 8 nitrogen and oxygen atoms in total. The van der Waals surface area contributed by atoms with Crippen LogP contribution in [0.5, 0.6) is 0 Å². The van der Waals surface area contributed by atoms with Gasteiger partial charge >= 0.3 is 5.97 Å². The van der Waals surface area contributed by atoms with Crippen molar-refractivity contribution in [2.45, 2.75) is 26.8 Å². The third kappa shape index (κ3) is 2.59. The highest BCUT2D eigenvalue weighted by molar-refractivity contribution is 6.47. The van der Waals surface area contributed by atoms with E-state index < -0.39 is 35.7 Å². The van der Waals surface area contributed by atoms with Crippen LogP contribution < -0.4 is 4.90 Å². The summed E-state index contributed by atoms with van der Waals surface area (Å²) >= 11 is 0. The van der Waals surface area contributed by atoms with Gasteiger partial charge in [0.2, 0.25) is 11.8 Å². The minimum absolute atomic E-state index is 0.0964. The van der Waals surface area contributed by atoms with Gasteiger partial charge in [0.15, 0.2) is 11.8 Å². The highest BCUT2D eigenvalue weighted by atomic mass is 16.5. The van der Waals surface area contributed by atoms with E-state index in [1.54, 1.807) is 31.2 Å². The molecule has 25 heavy (non-hydrogen) atoms. The first-order chi connectivity index (χ1) is 11.9. The molecule has 130 valence electrons. The van der Waals surface area contributed by atoms with Gasteiger partial charge in [-0.2, -0.15) is 5.10 Å². The summed E-state index contributed by atoms with van der Waals surface area (Å²) < 4.78 is 4.91. The molecule has 2 heterocycles. The quantitative estimate of drug-likeness (QED) is 0.592. The molecule has 3 rings (SSSR count). The summed E-state index contributed by atoms with van der Waals surface area (Å²) in [6.07, 6.45) is 0. The van der Waals surface area contributed by atoms with Gasteiger partial charge in [-0.05, 0) is 26.0 Å². The lowest BCUT2D eigenvalue weighted by Gasteiger charge is -2.19. The summed E-state index contributed by atoms with van der Waals surface area (Å²) in [5, 5.41) is 4.79. The van der Waals surface area contributed by atoms with Gasteiger partial charge in [0.05, 0.1) is 12.3 Å². The van der Waals surface area contributed by atoms with Crippen LogP contribution >= 0.6 is 0 Å². The zero-order valence-corrected chi connectivity index (χ0v) is 14.1. The SMILES string of the molecule is CCOC(=O)C1=NN(C(C)=O)[C@H]2C(=O)N(c3ccc(C)cc3)C(=O)[C@H]12. The highest BCUT2D eigenvalue weighted by Crippen LogP contribution is 2.35. The predicted octanol–water partition coefficient (Wildman–Crippen LogP) is 0.634. The molecule has 0 unspecified atom stereocenters. The number of ether oxygens (including phenoxy) is 1. The second-order valence-electron chi connectivity index (χ2n) is 5.84. The number of anilines is 1. The molecule has 3 amide bonds. The van der Waals surface area contributed by atoms with Gasteiger partial charge in [-0.3, -0.25) is 14.4 Å². The van der Waals surface area contributed by atoms with Crippen LogP contribution in [0.4, 0.5) is 5.69 Å². The van der Waals surface area contributed by atoms with Crippen molar-refractivity contribution < 1.29 is 23.9 Å². The summed E-state index contributed by atoms with van der Waals surface area (Å²) in [6.45, 7) is 4.82. The first-order valence-corrected chi connectivity index (χ1v) is 7.86. The highest BCUT2D eigenvalue weighted by Gasteiger charge is 2.59. The van der Waals surface area contributed by atoms with E-state index in [1.165, 1.54) is 6.92 Å². The van der Waals surface area contributed by atoms with Crippen LogP contribution in [0.2, 0.25) is 0 Å². The summed E-state index contributed by atoms with van der Waals surface area (Å²) in [7, 11) is 0. The zero-order valence-electron chi connectivity index (χ0n) is 14.1. The van der Waals surface area contributed by atoms with Crippen molar-refractivity contribution in [1.82, 2.24) is 5.01 Å². The number of carbonyl (C=O) groups excluding carboxylic acids is 4. The summed E-state index contributed by atoms with van der Waals surface area (Å²) in [6, 6.07) is 5.68. The van der Waals surface area contributed by atoms with E-state index in [2.05, 4.69) is 5.10 Å². The number of rotatable bonds is 3. The van der Waals surface area contributed by atoms with Crippen LogP contribution in [-0.4, -0.2) is 47.1 Å². The normalized spacial score (nSPS) is 22.1. The number of hydrazone groups is 1. The number of hydrogen-bond donors (Lipinski definition) is 0. The van der Waals surface area contributed by atoms with Crippen LogP contribution in [0.25, 0.3) is 0 Å². The average Bonchev–Trinajstić information content (AvgIpc) is 3.07. The summed E-state index contributed by atoms with van der Waals surface area (Å²) in [5.74, 6) is -3.64. The lowest BCUT2D eigenvalue weighted by Crippen LogP contribution is -2.41. The number of aryl methyl sites for hydroxylation is 1. The second-order valence-corrected chi connectivity index (χ2v) is 5.84. The van der Waals surface area contributed by atoms with E-state index in [1.807, 2.05) is 6.92 Å². The van der Waals surface area contributed by atoms with Crippen molar-refractivity contribution in [3.63, 3.8) is 0 Å². The first kappa shape index (κ1) is 16.8. The molecule has 8 heteroatoms. The fourth-order valence-corrected chi connectivity index (χ4v) is 3.00. The molecule has 1 saturated heterocycles. The standard InChI is InChI=1S/C17H17N3O5/c1-4-25-17(24)13-12-14(20(18-13)10(3)21)16(23)19(15(12)22)11-7-5-9(2)6-8-11/h5-8,12,14H,4H2,1-3H3/t12-,14-/m1/s1. The molecule has 0 spiro atoms. The smallest absolute Gasteiger partial charge is 0.355 e. The van der Waals surface area contributed by atoms with Crippen molar-refractivity contribution in [3.8, 4) is 0 Å². The first-order valence-electron chi connectivity index (χ1n) is 7.86. The molecule has 0 aliphatic carbocycles. The maximum absolute atomic E-state index is 12.8. The molecule has 1 aromatic rings. The minimum atomic E-state index is -1.15. The Hall–Kier alpha value is -3.03. The number of hydrogen-bond acceptors (Lipinski definition) is 6. The molecule has 0 saturated carbocycles. The number of benzene rings is 1. The van der Waals surface area contributed by atoms with E-state index in [0.29, 0.717) is 5.69 Å². The Morgan fingerprint density at radius 1 is 1.16 bits per heavy atom. The Kier molecular flexibility index (Phi) is 4.12. The fraction of sp³-hybridized carbons (Fsp3) is 0.353. The molecule has 1 aromatic carbocycles. The molecule has 1 fully saturated rings. The van der Waals surface area contributed by atoms with Crippen LogP contribution in [0.15, 0.2) is 29.4 Å². The summed E-state index contributed by atoms with van der Waals surface area (Å²) in [4.78, 5) is 50.6. The predicted molar refractivity (Wildman–Crippen MR) is 87.5 cm³/mol. The zero-order chi connectivity index (χ0) is 18.3. The van der Waals surface area contributed by atoms with Crippen LogP contribution in [0, 0.1) is 12.8 Å². The maximum Gasteiger partial charge on any atom is 0.355 e. The molecule has 0 radical (unpaired) electrons. The van der Waals surface area contributed by atoms with E-state index in [9.17, 15) is 19.2 Å². The third-order valence-electron chi connectivity index (χ3n) is 4.15. The number of nitrogens with zero attached hydrogens (tertiary/aromatic N) is 3. The Labute approximate surface area is 144 Å². The number of fused-ring (bicyclic) bond motifs is 1. The Bertz CT molecular complexity index is 799. The number of amides is 3. The molecule has 0 N–H and O–H groups in total. The maximum atomic E-state index is 12.8. The molecular weight excluding hydrogens is 326 g/mol. The van der Waals surface area contributed by atoms with Crippen LogP contribution in [-0.2, 0) is 23.9 Å². The summed E-state index contributed by atoms with van der Waals surface area (Å²) in [5.41, 5.74) is 1.15. The van der Waals surface area contributed by atoms with E-state index in [4.69, 9.17) is 4.74 Å². The van der Waals surface area contributed by atoms with Crippen molar-refractivity contribution in [2.24, 2.45) is 11.0 Å². The van der Waals surface area contributed by atoms with Gasteiger partial charge in [-0.1, -0.05) is 17.7 Å². The van der Waals surface area contributed by atoms with Gasteiger partial charge in [-0.15, -0.1) is 0 Å². The van der Waals surface area contributed by atoms with Crippen molar-refractivity contribution in [3.05, 3.63) is 29.8 Å². The lowest BCUT2D eigenvalue weighted by molar-refractivity contribution is -0.136. The van der Waals surface area contributed by atoms with Crippen molar-refractivity contribution in [2.75, 3.05) is 11.5 Å². The average molecular weight is 343 g/mol. The number of esters is 1.